The van der Waals surface area contributed by atoms with Gasteiger partial charge in [0, 0.05) is 10.1 Å². The van der Waals surface area contributed by atoms with Gasteiger partial charge in [-0.25, -0.2) is 0 Å². The van der Waals surface area contributed by atoms with E-state index in [1.54, 1.807) is 11.3 Å². The van der Waals surface area contributed by atoms with Crippen molar-refractivity contribution < 1.29 is 9.47 Å². The molecule has 0 atom stereocenters. The zero-order valence-electron chi connectivity index (χ0n) is 23.7. The lowest BCUT2D eigenvalue weighted by Crippen LogP contribution is -1.99. The Kier molecular flexibility index (Phi) is 19.2. The third-order valence-electron chi connectivity index (χ3n) is 7.16. The zero-order valence-corrected chi connectivity index (χ0v) is 27.7. The summed E-state index contributed by atoms with van der Waals surface area (Å²) < 4.78 is 15.7. The summed E-state index contributed by atoms with van der Waals surface area (Å²) in [6.07, 6.45) is 26.9. The molecule has 1 heterocycles. The number of hydrogen-bond acceptors (Lipinski definition) is 3. The molecule has 0 saturated carbocycles. The highest BCUT2D eigenvalue weighted by atomic mass is 79.9. The molecular formula is C32H52Br2O2S. The second-order valence-electron chi connectivity index (χ2n) is 10.5. The van der Waals surface area contributed by atoms with E-state index in [1.165, 1.54) is 126 Å². The van der Waals surface area contributed by atoms with Crippen LogP contribution >= 0.6 is 43.2 Å². The van der Waals surface area contributed by atoms with Crippen LogP contribution in [0.4, 0.5) is 0 Å². The van der Waals surface area contributed by atoms with E-state index in [0.29, 0.717) is 0 Å². The van der Waals surface area contributed by atoms with E-state index in [1.807, 2.05) is 0 Å². The van der Waals surface area contributed by atoms with Crippen molar-refractivity contribution in [3.63, 3.8) is 0 Å². The van der Waals surface area contributed by atoms with Crippen LogP contribution in [0.2, 0.25) is 0 Å². The lowest BCUT2D eigenvalue weighted by atomic mass is 10.1. The summed E-state index contributed by atoms with van der Waals surface area (Å²) in [4.78, 5) is 0. The van der Waals surface area contributed by atoms with Crippen molar-refractivity contribution in [1.82, 2.24) is 0 Å². The average Bonchev–Trinajstić information content (AvgIpc) is 3.19. The molecule has 0 aliphatic carbocycles. The zero-order chi connectivity index (χ0) is 26.6. The molecule has 5 heteroatoms. The third-order valence-corrected chi connectivity index (χ3v) is 9.54. The average molecular weight is 661 g/mol. The van der Waals surface area contributed by atoms with Crippen LogP contribution in [-0.4, -0.2) is 13.2 Å². The molecular weight excluding hydrogens is 608 g/mol. The van der Waals surface area contributed by atoms with E-state index in [9.17, 15) is 0 Å². The fraction of sp³-hybridized carbons (Fsp3) is 0.750. The van der Waals surface area contributed by atoms with E-state index in [0.717, 1.165) is 45.8 Å². The number of thiophene rings is 1. The normalized spacial score (nSPS) is 11.5. The summed E-state index contributed by atoms with van der Waals surface area (Å²) in [7, 11) is 0. The van der Waals surface area contributed by atoms with Crippen LogP contribution in [0.5, 0.6) is 11.5 Å². The van der Waals surface area contributed by atoms with Crippen LogP contribution in [0.15, 0.2) is 20.4 Å². The second-order valence-corrected chi connectivity index (χ2v) is 13.8. The first-order valence-electron chi connectivity index (χ1n) is 15.3. The molecule has 0 bridgehead atoms. The molecule has 37 heavy (non-hydrogen) atoms. The molecule has 0 fully saturated rings. The molecule has 2 aromatic rings. The van der Waals surface area contributed by atoms with Crippen molar-refractivity contribution in [2.75, 3.05) is 13.2 Å². The van der Waals surface area contributed by atoms with Crippen LogP contribution in [0, 0.1) is 0 Å². The fourth-order valence-electron chi connectivity index (χ4n) is 4.83. The van der Waals surface area contributed by atoms with Gasteiger partial charge in [-0.05, 0) is 56.8 Å². The number of unbranched alkanes of at least 4 members (excludes halogenated alkanes) is 18. The molecule has 0 unspecified atom stereocenters. The Morgan fingerprint density at radius 2 is 1.00 bits per heavy atom. The topological polar surface area (TPSA) is 18.5 Å². The second kappa shape index (κ2) is 21.5. The van der Waals surface area contributed by atoms with Crippen LogP contribution in [0.3, 0.4) is 0 Å². The van der Waals surface area contributed by atoms with Crippen molar-refractivity contribution in [1.29, 1.82) is 0 Å². The largest absolute Gasteiger partial charge is 0.492 e. The summed E-state index contributed by atoms with van der Waals surface area (Å²) in [6.45, 7) is 6.14. The predicted octanol–water partition coefficient (Wildman–Crippen LogP) is 13.0. The molecule has 0 amide bonds. The maximum atomic E-state index is 6.23. The van der Waals surface area contributed by atoms with Gasteiger partial charge in [0.1, 0.15) is 9.54 Å². The summed E-state index contributed by atoms with van der Waals surface area (Å²) in [5, 5.41) is 1.17. The van der Waals surface area contributed by atoms with E-state index in [4.69, 9.17) is 9.47 Å². The van der Waals surface area contributed by atoms with E-state index in [2.05, 4.69) is 57.8 Å². The summed E-state index contributed by atoms with van der Waals surface area (Å²) in [5.74, 6) is 1.93. The van der Waals surface area contributed by atoms with Crippen molar-refractivity contribution in [3.05, 3.63) is 20.4 Å². The molecule has 0 radical (unpaired) electrons. The number of ether oxygens (including phenoxy) is 2. The Morgan fingerprint density at radius 3 is 1.49 bits per heavy atom. The maximum Gasteiger partial charge on any atom is 0.152 e. The Balaban J connectivity index is 1.62. The van der Waals surface area contributed by atoms with E-state index < -0.39 is 0 Å². The number of fused-ring (bicyclic) bond motifs is 1. The molecule has 212 valence electrons. The van der Waals surface area contributed by atoms with Crippen molar-refractivity contribution in [3.8, 4) is 11.5 Å². The lowest BCUT2D eigenvalue weighted by Gasteiger charge is -2.10. The highest BCUT2D eigenvalue weighted by Gasteiger charge is 2.15. The summed E-state index contributed by atoms with van der Waals surface area (Å²) >= 11 is 9.21. The van der Waals surface area contributed by atoms with E-state index in [-0.39, 0.29) is 0 Å². The lowest BCUT2D eigenvalue weighted by molar-refractivity contribution is 0.302. The van der Waals surface area contributed by atoms with Crippen LogP contribution in [-0.2, 0) is 0 Å². The van der Waals surface area contributed by atoms with Gasteiger partial charge in [-0.2, -0.15) is 0 Å². The summed E-state index contributed by atoms with van der Waals surface area (Å²) in [6, 6.07) is 4.33. The highest BCUT2D eigenvalue weighted by molar-refractivity contribution is 9.11. The van der Waals surface area contributed by atoms with Gasteiger partial charge in [0.05, 0.1) is 17.7 Å². The third kappa shape index (κ3) is 14.1. The van der Waals surface area contributed by atoms with Gasteiger partial charge in [-0.1, -0.05) is 129 Å². The Morgan fingerprint density at radius 1 is 0.568 bits per heavy atom. The molecule has 1 aromatic carbocycles. The number of benzene rings is 1. The van der Waals surface area contributed by atoms with Gasteiger partial charge in [0.15, 0.2) is 5.75 Å². The van der Waals surface area contributed by atoms with E-state index >= 15 is 0 Å². The van der Waals surface area contributed by atoms with Crippen molar-refractivity contribution in [2.24, 2.45) is 0 Å². The van der Waals surface area contributed by atoms with Gasteiger partial charge in [-0.15, -0.1) is 11.3 Å². The Hall–Kier alpha value is -0.260. The van der Waals surface area contributed by atoms with Gasteiger partial charge in [0.2, 0.25) is 0 Å². The monoisotopic (exact) mass is 658 g/mol. The number of halogens is 2. The minimum absolute atomic E-state index is 0.787. The number of rotatable bonds is 24. The first-order valence-corrected chi connectivity index (χ1v) is 17.7. The van der Waals surface area contributed by atoms with Gasteiger partial charge in [0.25, 0.3) is 0 Å². The predicted molar refractivity (Wildman–Crippen MR) is 172 cm³/mol. The van der Waals surface area contributed by atoms with Gasteiger partial charge in [-0.3, -0.25) is 0 Å². The van der Waals surface area contributed by atoms with Crippen molar-refractivity contribution >= 4 is 53.3 Å². The maximum absolute atomic E-state index is 6.23. The standard InChI is InChI=1S/C32H52Br2O2S/c1-3-5-7-9-11-13-15-17-19-21-23-35-29-26-30-27(25-28(29)33)31(32(34)37-30)36-24-22-20-18-16-14-12-10-8-6-4-2/h25-26H,3-24H2,1-2H3. The van der Waals surface area contributed by atoms with Crippen LogP contribution in [0.1, 0.15) is 142 Å². The Bertz CT molecular complexity index is 836. The minimum Gasteiger partial charge on any atom is -0.492 e. The molecule has 2 nitrogen and oxygen atoms in total. The number of hydrogen-bond donors (Lipinski definition) is 0. The quantitative estimate of drug-likeness (QED) is 0.104. The molecule has 0 N–H and O–H groups in total. The van der Waals surface area contributed by atoms with Gasteiger partial charge < -0.3 is 9.47 Å². The molecule has 1 aromatic heterocycles. The van der Waals surface area contributed by atoms with Crippen LogP contribution in [0.25, 0.3) is 10.1 Å². The van der Waals surface area contributed by atoms with Crippen molar-refractivity contribution in [2.45, 2.75) is 142 Å². The SMILES string of the molecule is CCCCCCCCCCCCOc1cc2sc(Br)c(OCCCCCCCCCCCC)c2cc1Br. The fourth-order valence-corrected chi connectivity index (χ4v) is 7.02. The molecule has 2 rings (SSSR count). The smallest absolute Gasteiger partial charge is 0.152 e. The Labute approximate surface area is 248 Å². The van der Waals surface area contributed by atoms with Gasteiger partial charge >= 0.3 is 0 Å². The minimum atomic E-state index is 0.787. The molecule has 0 aliphatic rings. The molecule has 0 aliphatic heterocycles. The van der Waals surface area contributed by atoms with Crippen LogP contribution < -0.4 is 9.47 Å². The molecule has 0 spiro atoms. The first-order chi connectivity index (χ1) is 18.2. The summed E-state index contributed by atoms with van der Waals surface area (Å²) in [5.41, 5.74) is 0. The first kappa shape index (κ1) is 32.9. The highest BCUT2D eigenvalue weighted by Crippen LogP contribution is 2.45. The molecule has 0 saturated heterocycles.